The zero-order valence-corrected chi connectivity index (χ0v) is 26.9. The van der Waals surface area contributed by atoms with Crippen molar-refractivity contribution in [3.05, 3.63) is 126 Å². The van der Waals surface area contributed by atoms with E-state index in [4.69, 9.17) is 18.9 Å². The van der Waals surface area contributed by atoms with E-state index in [0.717, 1.165) is 0 Å². The van der Waals surface area contributed by atoms with Crippen LogP contribution in [0, 0.1) is 11.8 Å². The third-order valence-corrected chi connectivity index (χ3v) is 7.72. The summed E-state index contributed by atoms with van der Waals surface area (Å²) in [7, 11) is 0. The summed E-state index contributed by atoms with van der Waals surface area (Å²) in [5.74, 6) is -1.59. The van der Waals surface area contributed by atoms with Gasteiger partial charge in [0.25, 0.3) is 0 Å². The van der Waals surface area contributed by atoms with Crippen LogP contribution in [0.2, 0.25) is 0 Å². The lowest BCUT2D eigenvalue weighted by molar-refractivity contribution is -0.147. The zero-order chi connectivity index (χ0) is 33.4. The molecule has 0 aromatic heterocycles. The van der Waals surface area contributed by atoms with Gasteiger partial charge in [0.1, 0.15) is 18.0 Å². The summed E-state index contributed by atoms with van der Waals surface area (Å²) < 4.78 is 22.9. The van der Waals surface area contributed by atoms with Gasteiger partial charge in [0, 0.05) is 24.7 Å². The predicted molar refractivity (Wildman–Crippen MR) is 178 cm³/mol. The molecule has 1 aliphatic carbocycles. The Balaban J connectivity index is 1.52. The minimum absolute atomic E-state index is 0.151. The Bertz CT molecular complexity index is 1500. The average Bonchev–Trinajstić information content (AvgIpc) is 3.39. The number of hydrogen-bond acceptors (Lipinski definition) is 8. The first-order valence-electron chi connectivity index (χ1n) is 16.1. The summed E-state index contributed by atoms with van der Waals surface area (Å²) in [5.41, 5.74) is 0.819. The smallest absolute Gasteiger partial charge is 0.338 e. The van der Waals surface area contributed by atoms with Gasteiger partial charge >= 0.3 is 17.9 Å². The molecule has 0 N–H and O–H groups in total. The van der Waals surface area contributed by atoms with Crippen molar-refractivity contribution < 1.29 is 38.1 Å². The highest BCUT2D eigenvalue weighted by molar-refractivity contribution is 5.91. The number of carbonyl (C=O) groups excluding carboxylic acids is 4. The second kappa shape index (κ2) is 18.2. The van der Waals surface area contributed by atoms with E-state index in [-0.39, 0.29) is 36.8 Å². The van der Waals surface area contributed by atoms with Gasteiger partial charge in [-0.25, -0.2) is 9.59 Å². The Morgan fingerprint density at radius 1 is 0.766 bits per heavy atom. The SMILES string of the molecule is CC(C)OC(=O)CCCC=CC[C@@H]1[C@@H](C=CC(=O)COc2ccccc2)[C@H](OC(=O)c2ccccc2)C[C@@H]1OC(=O)c1ccccc1. The highest BCUT2D eigenvalue weighted by Crippen LogP contribution is 2.40. The minimum atomic E-state index is -0.653. The van der Waals surface area contributed by atoms with Crippen molar-refractivity contribution in [2.75, 3.05) is 6.61 Å². The summed E-state index contributed by atoms with van der Waals surface area (Å²) in [6.07, 6.45) is 8.16. The maximum atomic E-state index is 13.2. The Kier molecular flexibility index (Phi) is 13.5. The molecule has 8 heteroatoms. The molecule has 0 aliphatic heterocycles. The van der Waals surface area contributed by atoms with E-state index in [1.165, 1.54) is 6.08 Å². The number of allylic oxidation sites excluding steroid dienone is 2. The second-order valence-electron chi connectivity index (χ2n) is 11.7. The van der Waals surface area contributed by atoms with Gasteiger partial charge in [-0.2, -0.15) is 0 Å². The van der Waals surface area contributed by atoms with Crippen LogP contribution in [0.15, 0.2) is 115 Å². The van der Waals surface area contributed by atoms with Crippen LogP contribution in [0.4, 0.5) is 0 Å². The van der Waals surface area contributed by atoms with E-state index in [2.05, 4.69) is 0 Å². The van der Waals surface area contributed by atoms with Crippen LogP contribution in [0.3, 0.4) is 0 Å². The maximum absolute atomic E-state index is 13.2. The lowest BCUT2D eigenvalue weighted by atomic mass is 9.89. The summed E-state index contributed by atoms with van der Waals surface area (Å²) in [5, 5.41) is 0. The monoisotopic (exact) mass is 638 g/mol. The number of carbonyl (C=O) groups is 4. The van der Waals surface area contributed by atoms with Gasteiger partial charge in [0.05, 0.1) is 17.2 Å². The zero-order valence-electron chi connectivity index (χ0n) is 26.9. The summed E-state index contributed by atoms with van der Waals surface area (Å²) >= 11 is 0. The molecule has 0 amide bonds. The van der Waals surface area contributed by atoms with E-state index in [1.54, 1.807) is 66.7 Å². The summed E-state index contributed by atoms with van der Waals surface area (Å²) in [6.45, 7) is 3.48. The van der Waals surface area contributed by atoms with Crippen LogP contribution in [-0.2, 0) is 23.8 Å². The molecule has 0 bridgehead atoms. The fourth-order valence-corrected chi connectivity index (χ4v) is 5.48. The lowest BCUT2D eigenvalue weighted by Crippen LogP contribution is -2.26. The largest absolute Gasteiger partial charge is 0.485 e. The number of ether oxygens (including phenoxy) is 4. The molecule has 3 aromatic carbocycles. The van der Waals surface area contributed by atoms with Gasteiger partial charge < -0.3 is 18.9 Å². The molecule has 1 aliphatic rings. The molecule has 1 fully saturated rings. The van der Waals surface area contributed by atoms with Crippen LogP contribution in [0.25, 0.3) is 0 Å². The van der Waals surface area contributed by atoms with Crippen LogP contribution in [0.5, 0.6) is 5.75 Å². The number of unbranched alkanes of at least 4 members (excludes halogenated alkanes) is 1. The van der Waals surface area contributed by atoms with Crippen molar-refractivity contribution in [2.24, 2.45) is 11.8 Å². The van der Waals surface area contributed by atoms with Crippen molar-refractivity contribution in [3.63, 3.8) is 0 Å². The minimum Gasteiger partial charge on any atom is -0.485 e. The Morgan fingerprint density at radius 3 is 1.94 bits per heavy atom. The number of para-hydroxylation sites is 1. The van der Waals surface area contributed by atoms with E-state index in [1.807, 2.05) is 56.3 Å². The predicted octanol–water partition coefficient (Wildman–Crippen LogP) is 7.35. The molecular formula is C39H42O8. The highest BCUT2D eigenvalue weighted by Gasteiger charge is 2.45. The Morgan fingerprint density at radius 2 is 1.34 bits per heavy atom. The standard InChI is InChI=1S/C39H42O8/c1-28(2)45-37(41)23-15-4-3-14-22-33-34(25-24-31(40)27-44-32-20-12-7-13-21-32)36(47-39(43)30-18-10-6-11-19-30)26-35(33)46-38(42)29-16-8-5-9-17-29/h3,5-14,16-21,24-25,28,33-36H,4,15,22-23,26-27H2,1-2H3/t33-,34-,35+,36-/m1/s1. The number of esters is 3. The van der Waals surface area contributed by atoms with Gasteiger partial charge in [-0.05, 0) is 75.6 Å². The summed E-state index contributed by atoms with van der Waals surface area (Å²) in [4.78, 5) is 51.1. The van der Waals surface area contributed by atoms with E-state index in [0.29, 0.717) is 42.6 Å². The maximum Gasteiger partial charge on any atom is 0.338 e. The molecule has 0 spiro atoms. The normalized spacial score (nSPS) is 19.1. The summed E-state index contributed by atoms with van der Waals surface area (Å²) in [6, 6.07) is 26.5. The molecule has 47 heavy (non-hydrogen) atoms. The van der Waals surface area contributed by atoms with Crippen molar-refractivity contribution in [1.82, 2.24) is 0 Å². The van der Waals surface area contributed by atoms with Crippen molar-refractivity contribution in [3.8, 4) is 5.75 Å². The fraction of sp³-hybridized carbons (Fsp3) is 0.333. The lowest BCUT2D eigenvalue weighted by Gasteiger charge is -2.23. The Hall–Kier alpha value is -4.98. The topological polar surface area (TPSA) is 105 Å². The fourth-order valence-electron chi connectivity index (χ4n) is 5.48. The van der Waals surface area contributed by atoms with Gasteiger partial charge in [-0.15, -0.1) is 0 Å². The molecule has 8 nitrogen and oxygen atoms in total. The van der Waals surface area contributed by atoms with Crippen molar-refractivity contribution in [1.29, 1.82) is 0 Å². The van der Waals surface area contributed by atoms with Gasteiger partial charge in [0.15, 0.2) is 12.4 Å². The third kappa shape index (κ3) is 11.4. The van der Waals surface area contributed by atoms with E-state index >= 15 is 0 Å². The van der Waals surface area contributed by atoms with Crippen LogP contribution in [-0.4, -0.2) is 48.6 Å². The second-order valence-corrected chi connectivity index (χ2v) is 11.7. The van der Waals surface area contributed by atoms with Crippen molar-refractivity contribution >= 4 is 23.7 Å². The molecule has 0 saturated heterocycles. The molecule has 4 rings (SSSR count). The first-order valence-corrected chi connectivity index (χ1v) is 16.1. The molecule has 3 aromatic rings. The first kappa shape index (κ1) is 34.9. The number of benzene rings is 3. The quantitative estimate of drug-likeness (QED) is 0.0528. The van der Waals surface area contributed by atoms with Crippen LogP contribution in [0.1, 0.15) is 66.7 Å². The first-order chi connectivity index (χ1) is 22.8. The highest BCUT2D eigenvalue weighted by atomic mass is 16.6. The van der Waals surface area contributed by atoms with Crippen LogP contribution < -0.4 is 4.74 Å². The van der Waals surface area contributed by atoms with Gasteiger partial charge in [0.2, 0.25) is 0 Å². The van der Waals surface area contributed by atoms with Gasteiger partial charge in [-0.1, -0.05) is 72.8 Å². The average molecular weight is 639 g/mol. The van der Waals surface area contributed by atoms with E-state index in [9.17, 15) is 19.2 Å². The molecule has 1 saturated carbocycles. The van der Waals surface area contributed by atoms with Gasteiger partial charge in [-0.3, -0.25) is 9.59 Å². The number of ketones is 1. The Labute approximate surface area is 276 Å². The molecule has 0 unspecified atom stereocenters. The molecule has 4 atom stereocenters. The molecule has 0 heterocycles. The van der Waals surface area contributed by atoms with E-state index < -0.39 is 30.1 Å². The molecule has 0 radical (unpaired) electrons. The number of rotatable bonds is 16. The van der Waals surface area contributed by atoms with Crippen LogP contribution >= 0.6 is 0 Å². The van der Waals surface area contributed by atoms with Crippen molar-refractivity contribution in [2.45, 2.75) is 64.3 Å². The number of hydrogen-bond donors (Lipinski definition) is 0. The third-order valence-electron chi connectivity index (χ3n) is 7.72. The molecule has 246 valence electrons. The molecular weight excluding hydrogens is 596 g/mol.